The smallest absolute Gasteiger partial charge is 0.182 e. The van der Waals surface area contributed by atoms with E-state index in [1.54, 1.807) is 0 Å². The summed E-state index contributed by atoms with van der Waals surface area (Å²) in [5.74, 6) is 0. The van der Waals surface area contributed by atoms with Gasteiger partial charge in [0.25, 0.3) is 0 Å². The average Bonchev–Trinajstić information content (AvgIpc) is 2.68. The zero-order valence-corrected chi connectivity index (χ0v) is 11.3. The minimum Gasteiger partial charge on any atom is -0.329 e. The first-order valence-corrected chi connectivity index (χ1v) is 6.42. The predicted octanol–water partition coefficient (Wildman–Crippen LogP) is 4.65. The van der Waals surface area contributed by atoms with Gasteiger partial charge in [-0.05, 0) is 42.9 Å². The van der Waals surface area contributed by atoms with Crippen LogP contribution in [0.4, 0.5) is 0 Å². The van der Waals surface area contributed by atoms with E-state index in [4.69, 9.17) is 23.8 Å². The summed E-state index contributed by atoms with van der Waals surface area (Å²) < 4.78 is 2.68. The number of aromatic nitrogens is 2. The third-order valence-electron chi connectivity index (χ3n) is 3.02. The Morgan fingerprint density at radius 1 is 1.11 bits per heavy atom. The summed E-state index contributed by atoms with van der Waals surface area (Å²) in [7, 11) is 0. The highest BCUT2D eigenvalue weighted by Gasteiger charge is 2.09. The molecule has 0 aliphatic rings. The molecule has 0 bridgehead atoms. The van der Waals surface area contributed by atoms with Gasteiger partial charge in [-0.25, -0.2) is 0 Å². The number of para-hydroxylation sites is 2. The zero-order chi connectivity index (χ0) is 12.7. The van der Waals surface area contributed by atoms with Crippen molar-refractivity contribution in [3.8, 4) is 5.69 Å². The number of halogens is 1. The average molecular weight is 275 g/mol. The molecule has 1 heterocycles. The number of hydrogen-bond acceptors (Lipinski definition) is 1. The number of hydrogen-bond donors (Lipinski definition) is 1. The van der Waals surface area contributed by atoms with Gasteiger partial charge in [0.2, 0.25) is 0 Å². The van der Waals surface area contributed by atoms with Crippen molar-refractivity contribution in [2.75, 3.05) is 0 Å². The Hall–Kier alpha value is -1.58. The van der Waals surface area contributed by atoms with Gasteiger partial charge in [-0.1, -0.05) is 35.9 Å². The van der Waals surface area contributed by atoms with E-state index < -0.39 is 0 Å². The van der Waals surface area contributed by atoms with Gasteiger partial charge in [0.05, 0.1) is 21.7 Å². The van der Waals surface area contributed by atoms with Crippen LogP contribution in [0.25, 0.3) is 16.7 Å². The van der Waals surface area contributed by atoms with Crippen LogP contribution in [0.15, 0.2) is 42.5 Å². The van der Waals surface area contributed by atoms with E-state index in [0.717, 1.165) is 16.7 Å². The van der Waals surface area contributed by atoms with Crippen LogP contribution in [0, 0.1) is 11.7 Å². The van der Waals surface area contributed by atoms with Crippen molar-refractivity contribution < 1.29 is 0 Å². The Balaban J connectivity index is 2.44. The molecule has 4 heteroatoms. The zero-order valence-electron chi connectivity index (χ0n) is 9.77. The van der Waals surface area contributed by atoms with E-state index in [1.807, 2.05) is 34.9 Å². The fourth-order valence-electron chi connectivity index (χ4n) is 2.15. The molecule has 3 rings (SSSR count). The molecule has 90 valence electrons. The molecule has 1 aromatic heterocycles. The van der Waals surface area contributed by atoms with Gasteiger partial charge in [-0.2, -0.15) is 0 Å². The SMILES string of the molecule is Cc1ccccc1-n1c(=S)[nH]c2c(Cl)cccc21. The molecule has 0 unspecified atom stereocenters. The second-order valence-electron chi connectivity index (χ2n) is 4.19. The fourth-order valence-corrected chi connectivity index (χ4v) is 2.66. The lowest BCUT2D eigenvalue weighted by atomic mass is 10.2. The van der Waals surface area contributed by atoms with Crippen molar-refractivity contribution in [1.29, 1.82) is 0 Å². The molecule has 0 amide bonds. The molecule has 0 spiro atoms. The van der Waals surface area contributed by atoms with E-state index in [0.29, 0.717) is 9.79 Å². The van der Waals surface area contributed by atoms with E-state index >= 15 is 0 Å². The molecule has 0 radical (unpaired) electrons. The van der Waals surface area contributed by atoms with Crippen molar-refractivity contribution in [3.05, 3.63) is 57.8 Å². The number of H-pyrrole nitrogens is 1. The van der Waals surface area contributed by atoms with E-state index in [-0.39, 0.29) is 0 Å². The number of aryl methyl sites for hydroxylation is 1. The van der Waals surface area contributed by atoms with Crippen LogP contribution in [-0.4, -0.2) is 9.55 Å². The Bertz CT molecular complexity index is 786. The highest BCUT2D eigenvalue weighted by Crippen LogP contribution is 2.26. The van der Waals surface area contributed by atoms with E-state index in [9.17, 15) is 0 Å². The second-order valence-corrected chi connectivity index (χ2v) is 4.98. The quantitative estimate of drug-likeness (QED) is 0.641. The number of imidazole rings is 1. The van der Waals surface area contributed by atoms with Crippen LogP contribution < -0.4 is 0 Å². The van der Waals surface area contributed by atoms with Crippen LogP contribution in [0.5, 0.6) is 0 Å². The summed E-state index contributed by atoms with van der Waals surface area (Å²) in [6, 6.07) is 14.0. The molecular formula is C14H11ClN2S. The topological polar surface area (TPSA) is 20.7 Å². The van der Waals surface area contributed by atoms with Gasteiger partial charge in [-0.15, -0.1) is 0 Å². The number of aromatic amines is 1. The molecule has 0 aliphatic heterocycles. The summed E-state index contributed by atoms with van der Waals surface area (Å²) in [4.78, 5) is 3.17. The van der Waals surface area contributed by atoms with Crippen molar-refractivity contribution in [3.63, 3.8) is 0 Å². The molecule has 0 atom stereocenters. The van der Waals surface area contributed by atoms with Crippen molar-refractivity contribution in [2.45, 2.75) is 6.92 Å². The first-order chi connectivity index (χ1) is 8.68. The normalized spacial score (nSPS) is 11.0. The van der Waals surface area contributed by atoms with Gasteiger partial charge < -0.3 is 4.98 Å². The van der Waals surface area contributed by atoms with Crippen molar-refractivity contribution in [1.82, 2.24) is 9.55 Å². The maximum absolute atomic E-state index is 6.18. The van der Waals surface area contributed by atoms with Crippen LogP contribution in [0.2, 0.25) is 5.02 Å². The van der Waals surface area contributed by atoms with E-state index in [2.05, 4.69) is 24.0 Å². The highest BCUT2D eigenvalue weighted by molar-refractivity contribution is 7.71. The largest absolute Gasteiger partial charge is 0.329 e. The lowest BCUT2D eigenvalue weighted by Gasteiger charge is -2.07. The van der Waals surface area contributed by atoms with Gasteiger partial charge in [-0.3, -0.25) is 4.57 Å². The fraction of sp³-hybridized carbons (Fsp3) is 0.0714. The summed E-state index contributed by atoms with van der Waals surface area (Å²) in [5, 5.41) is 0.686. The van der Waals surface area contributed by atoms with Crippen LogP contribution in [0.1, 0.15) is 5.56 Å². The Morgan fingerprint density at radius 3 is 2.67 bits per heavy atom. The lowest BCUT2D eigenvalue weighted by molar-refractivity contribution is 1.05. The summed E-state index contributed by atoms with van der Waals surface area (Å²) in [5.41, 5.74) is 4.14. The minimum absolute atomic E-state index is 0.660. The third-order valence-corrected chi connectivity index (χ3v) is 3.62. The summed E-state index contributed by atoms with van der Waals surface area (Å²) in [6.45, 7) is 2.07. The lowest BCUT2D eigenvalue weighted by Crippen LogP contribution is -1.96. The van der Waals surface area contributed by atoms with Gasteiger partial charge in [0.1, 0.15) is 0 Å². The molecule has 18 heavy (non-hydrogen) atoms. The number of fused-ring (bicyclic) bond motifs is 1. The number of rotatable bonds is 1. The van der Waals surface area contributed by atoms with Crippen LogP contribution >= 0.6 is 23.8 Å². The van der Waals surface area contributed by atoms with Gasteiger partial charge in [0, 0.05) is 0 Å². The van der Waals surface area contributed by atoms with Crippen molar-refractivity contribution in [2.24, 2.45) is 0 Å². The predicted molar refractivity (Wildman–Crippen MR) is 78.2 cm³/mol. The number of nitrogens with zero attached hydrogens (tertiary/aromatic N) is 1. The molecule has 0 saturated heterocycles. The van der Waals surface area contributed by atoms with Gasteiger partial charge in [0.15, 0.2) is 4.77 Å². The Labute approximate surface area is 115 Å². The second kappa shape index (κ2) is 4.26. The molecule has 0 saturated carbocycles. The Morgan fingerprint density at radius 2 is 1.89 bits per heavy atom. The molecule has 1 N–H and O–H groups in total. The van der Waals surface area contributed by atoms with Gasteiger partial charge >= 0.3 is 0 Å². The first-order valence-electron chi connectivity index (χ1n) is 5.64. The summed E-state index contributed by atoms with van der Waals surface area (Å²) in [6.07, 6.45) is 0. The monoisotopic (exact) mass is 274 g/mol. The molecule has 3 aromatic rings. The first kappa shape index (κ1) is 11.5. The molecule has 2 nitrogen and oxygen atoms in total. The Kier molecular flexibility index (Phi) is 2.73. The number of nitrogens with one attached hydrogen (secondary N) is 1. The molecule has 0 fully saturated rings. The molecule has 0 aliphatic carbocycles. The van der Waals surface area contributed by atoms with Crippen LogP contribution in [-0.2, 0) is 0 Å². The van der Waals surface area contributed by atoms with Crippen LogP contribution in [0.3, 0.4) is 0 Å². The summed E-state index contributed by atoms with van der Waals surface area (Å²) >= 11 is 11.6. The van der Waals surface area contributed by atoms with E-state index in [1.165, 1.54) is 5.56 Å². The highest BCUT2D eigenvalue weighted by atomic mass is 35.5. The maximum Gasteiger partial charge on any atom is 0.182 e. The molecular weight excluding hydrogens is 264 g/mol. The minimum atomic E-state index is 0.660. The number of benzene rings is 2. The molecule has 2 aromatic carbocycles. The standard InChI is InChI=1S/C14H11ClN2S/c1-9-5-2-3-7-11(9)17-12-8-4-6-10(15)13(12)16-14(17)18/h2-8H,1H3,(H,16,18). The van der Waals surface area contributed by atoms with Crippen molar-refractivity contribution >= 4 is 34.9 Å². The maximum atomic E-state index is 6.18. The third kappa shape index (κ3) is 1.67.